The van der Waals surface area contributed by atoms with Crippen LogP contribution in [0.4, 0.5) is 0 Å². The first-order chi connectivity index (χ1) is 9.70. The van der Waals surface area contributed by atoms with Gasteiger partial charge in [-0.05, 0) is 24.6 Å². The average molecular weight is 266 g/mol. The molecule has 0 atom stereocenters. The summed E-state index contributed by atoms with van der Waals surface area (Å²) in [4.78, 5) is 16.3. The molecule has 1 aromatic carbocycles. The Bertz CT molecular complexity index is 790. The molecule has 0 unspecified atom stereocenters. The minimum absolute atomic E-state index is 0.371. The Hall–Kier alpha value is -2.62. The van der Waals surface area contributed by atoms with Gasteiger partial charge in [-0.1, -0.05) is 30.3 Å². The molecule has 0 saturated heterocycles. The minimum Gasteiger partial charge on any atom is -0.464 e. The van der Waals surface area contributed by atoms with Crippen LogP contribution in [0.25, 0.3) is 16.9 Å². The lowest BCUT2D eigenvalue weighted by atomic mass is 10.1. The second-order valence-electron chi connectivity index (χ2n) is 4.57. The van der Waals surface area contributed by atoms with Crippen molar-refractivity contribution in [1.82, 2.24) is 9.38 Å². The number of aryl methyl sites for hydroxylation is 1. The Kier molecular flexibility index (Phi) is 2.99. The molecule has 0 aliphatic rings. The van der Waals surface area contributed by atoms with Gasteiger partial charge < -0.3 is 4.74 Å². The fraction of sp³-hybridized carbons (Fsp3) is 0.125. The van der Waals surface area contributed by atoms with E-state index in [1.165, 1.54) is 7.11 Å². The van der Waals surface area contributed by atoms with Gasteiger partial charge in [0, 0.05) is 11.8 Å². The van der Waals surface area contributed by atoms with Crippen molar-refractivity contribution >= 4 is 11.6 Å². The summed E-state index contributed by atoms with van der Waals surface area (Å²) in [6.45, 7) is 2.04. The van der Waals surface area contributed by atoms with Crippen molar-refractivity contribution in [2.45, 2.75) is 6.92 Å². The zero-order valence-electron chi connectivity index (χ0n) is 11.3. The molecule has 0 radical (unpaired) electrons. The Labute approximate surface area is 116 Å². The van der Waals surface area contributed by atoms with E-state index in [-0.39, 0.29) is 5.97 Å². The molecule has 3 rings (SSSR count). The molecule has 4 nitrogen and oxygen atoms in total. The van der Waals surface area contributed by atoms with Crippen molar-refractivity contribution in [2.75, 3.05) is 7.11 Å². The predicted octanol–water partition coefficient (Wildman–Crippen LogP) is 3.10. The summed E-state index contributed by atoms with van der Waals surface area (Å²) in [6.07, 6.45) is 1.86. The van der Waals surface area contributed by atoms with Gasteiger partial charge in [0.15, 0.2) is 0 Å². The molecule has 0 spiro atoms. The van der Waals surface area contributed by atoms with Gasteiger partial charge in [-0.2, -0.15) is 0 Å². The van der Waals surface area contributed by atoms with Crippen molar-refractivity contribution < 1.29 is 9.53 Å². The second-order valence-corrected chi connectivity index (χ2v) is 4.57. The Morgan fingerprint density at radius 1 is 1.15 bits per heavy atom. The molecule has 0 aliphatic heterocycles. The van der Waals surface area contributed by atoms with Crippen LogP contribution in [0.5, 0.6) is 0 Å². The van der Waals surface area contributed by atoms with Crippen molar-refractivity contribution in [3.8, 4) is 11.3 Å². The number of imidazole rings is 1. The summed E-state index contributed by atoms with van der Waals surface area (Å²) in [5.74, 6) is -0.371. The van der Waals surface area contributed by atoms with Gasteiger partial charge in [-0.15, -0.1) is 0 Å². The number of carbonyl (C=O) groups excluding carboxylic acids is 1. The quantitative estimate of drug-likeness (QED) is 0.669. The number of methoxy groups -OCH3 is 1. The summed E-state index contributed by atoms with van der Waals surface area (Å²) in [5, 5.41) is 0. The number of esters is 1. The van der Waals surface area contributed by atoms with Gasteiger partial charge in [0.2, 0.25) is 0 Å². The molecule has 3 aromatic rings. The highest BCUT2D eigenvalue weighted by Crippen LogP contribution is 2.23. The first-order valence-electron chi connectivity index (χ1n) is 6.33. The van der Waals surface area contributed by atoms with E-state index in [9.17, 15) is 4.79 Å². The molecule has 20 heavy (non-hydrogen) atoms. The van der Waals surface area contributed by atoms with E-state index in [1.54, 1.807) is 16.5 Å². The molecule has 0 amide bonds. The van der Waals surface area contributed by atoms with Gasteiger partial charge in [-0.3, -0.25) is 4.40 Å². The molecule has 0 fully saturated rings. The van der Waals surface area contributed by atoms with Crippen LogP contribution in [0, 0.1) is 6.92 Å². The topological polar surface area (TPSA) is 43.6 Å². The normalized spacial score (nSPS) is 10.7. The highest BCUT2D eigenvalue weighted by atomic mass is 16.5. The number of hydrogen-bond donors (Lipinski definition) is 0. The van der Waals surface area contributed by atoms with E-state index >= 15 is 0 Å². The molecular formula is C16H14N2O2. The van der Waals surface area contributed by atoms with Crippen LogP contribution in [0.3, 0.4) is 0 Å². The van der Waals surface area contributed by atoms with E-state index < -0.39 is 0 Å². The van der Waals surface area contributed by atoms with Crippen LogP contribution in [0.2, 0.25) is 0 Å². The number of hydrogen-bond acceptors (Lipinski definition) is 3. The first-order valence-corrected chi connectivity index (χ1v) is 6.33. The van der Waals surface area contributed by atoms with Gasteiger partial charge in [-0.25, -0.2) is 9.78 Å². The lowest BCUT2D eigenvalue weighted by Gasteiger charge is -2.02. The van der Waals surface area contributed by atoms with Gasteiger partial charge in [0.05, 0.1) is 12.8 Å². The molecule has 0 bridgehead atoms. The number of nitrogens with zero attached hydrogens (tertiary/aromatic N) is 2. The first kappa shape index (κ1) is 12.4. The van der Waals surface area contributed by atoms with E-state index in [0.29, 0.717) is 5.69 Å². The molecule has 0 saturated carbocycles. The summed E-state index contributed by atoms with van der Waals surface area (Å²) in [7, 11) is 1.38. The number of pyridine rings is 1. The van der Waals surface area contributed by atoms with E-state index in [0.717, 1.165) is 22.5 Å². The molecule has 4 heteroatoms. The zero-order valence-corrected chi connectivity index (χ0v) is 11.3. The highest BCUT2D eigenvalue weighted by molar-refractivity contribution is 5.88. The monoisotopic (exact) mass is 266 g/mol. The number of aromatic nitrogens is 2. The van der Waals surface area contributed by atoms with Crippen molar-refractivity contribution in [2.24, 2.45) is 0 Å². The second kappa shape index (κ2) is 4.81. The van der Waals surface area contributed by atoms with Crippen molar-refractivity contribution in [3.05, 3.63) is 59.9 Å². The summed E-state index contributed by atoms with van der Waals surface area (Å²) in [5.41, 5.74) is 4.26. The standard InChI is InChI=1S/C16H14N2O2/c1-11-6-3-4-7-12(11)13-10-18-14(16(19)20-2)8-5-9-15(18)17-13/h3-10H,1-2H3. The fourth-order valence-corrected chi connectivity index (χ4v) is 2.27. The number of fused-ring (bicyclic) bond motifs is 1. The zero-order chi connectivity index (χ0) is 14.1. The fourth-order valence-electron chi connectivity index (χ4n) is 2.27. The molecule has 0 N–H and O–H groups in total. The minimum atomic E-state index is -0.371. The van der Waals surface area contributed by atoms with Crippen molar-refractivity contribution in [1.29, 1.82) is 0 Å². The maximum absolute atomic E-state index is 11.8. The average Bonchev–Trinajstić information content (AvgIpc) is 2.90. The maximum atomic E-state index is 11.8. The van der Waals surface area contributed by atoms with Crippen LogP contribution in [-0.4, -0.2) is 22.5 Å². The lowest BCUT2D eigenvalue weighted by Crippen LogP contribution is -2.06. The van der Waals surface area contributed by atoms with Crippen LogP contribution in [0.1, 0.15) is 16.1 Å². The third-order valence-corrected chi connectivity index (χ3v) is 3.31. The number of benzene rings is 1. The van der Waals surface area contributed by atoms with E-state index in [1.807, 2.05) is 43.5 Å². The maximum Gasteiger partial charge on any atom is 0.355 e. The highest BCUT2D eigenvalue weighted by Gasteiger charge is 2.13. The Morgan fingerprint density at radius 2 is 1.95 bits per heavy atom. The van der Waals surface area contributed by atoms with Crippen LogP contribution >= 0.6 is 0 Å². The molecule has 100 valence electrons. The van der Waals surface area contributed by atoms with E-state index in [4.69, 9.17) is 4.74 Å². The van der Waals surface area contributed by atoms with Gasteiger partial charge >= 0.3 is 5.97 Å². The van der Waals surface area contributed by atoms with Gasteiger partial charge in [0.25, 0.3) is 0 Å². The molecule has 2 aromatic heterocycles. The molecular weight excluding hydrogens is 252 g/mol. The van der Waals surface area contributed by atoms with Gasteiger partial charge in [0.1, 0.15) is 11.3 Å². The number of carbonyl (C=O) groups is 1. The smallest absolute Gasteiger partial charge is 0.355 e. The molecule has 0 aliphatic carbocycles. The summed E-state index contributed by atoms with van der Waals surface area (Å²) >= 11 is 0. The SMILES string of the molecule is COC(=O)c1cccc2nc(-c3ccccc3C)cn12. The third kappa shape index (κ3) is 1.95. The Balaban J connectivity index is 2.21. The number of rotatable bonds is 2. The van der Waals surface area contributed by atoms with Crippen LogP contribution < -0.4 is 0 Å². The van der Waals surface area contributed by atoms with E-state index in [2.05, 4.69) is 4.98 Å². The number of ether oxygens (including phenoxy) is 1. The largest absolute Gasteiger partial charge is 0.464 e. The lowest BCUT2D eigenvalue weighted by molar-refractivity contribution is 0.0592. The van der Waals surface area contributed by atoms with Crippen molar-refractivity contribution in [3.63, 3.8) is 0 Å². The predicted molar refractivity (Wildman–Crippen MR) is 76.7 cm³/mol. The van der Waals surface area contributed by atoms with Crippen LogP contribution in [-0.2, 0) is 4.74 Å². The summed E-state index contributed by atoms with van der Waals surface area (Å²) < 4.78 is 6.55. The molecule has 2 heterocycles. The van der Waals surface area contributed by atoms with Crippen LogP contribution in [0.15, 0.2) is 48.7 Å². The summed E-state index contributed by atoms with van der Waals surface area (Å²) in [6, 6.07) is 13.4. The Morgan fingerprint density at radius 3 is 2.70 bits per heavy atom. The third-order valence-electron chi connectivity index (χ3n) is 3.31.